The first kappa shape index (κ1) is 19.8. The van der Waals surface area contributed by atoms with Gasteiger partial charge in [-0.15, -0.1) is 0 Å². The van der Waals surface area contributed by atoms with Crippen LogP contribution in [0.4, 0.5) is 11.6 Å². The Hall–Kier alpha value is -3.13. The molecule has 0 aliphatic carbocycles. The third kappa shape index (κ3) is 4.20. The van der Waals surface area contributed by atoms with Crippen molar-refractivity contribution >= 4 is 28.4 Å². The lowest BCUT2D eigenvalue weighted by molar-refractivity contribution is -0.130. The molecule has 31 heavy (non-hydrogen) atoms. The molecule has 2 aliphatic rings. The number of aromatic amines is 1. The normalized spacial score (nSPS) is 18.0. The zero-order valence-corrected chi connectivity index (χ0v) is 18.0. The molecule has 4 heterocycles. The minimum atomic E-state index is 0.185. The summed E-state index contributed by atoms with van der Waals surface area (Å²) >= 11 is 0. The van der Waals surface area contributed by atoms with Crippen LogP contribution in [-0.4, -0.2) is 90.1 Å². The third-order valence-electron chi connectivity index (χ3n) is 6.44. The van der Waals surface area contributed by atoms with Gasteiger partial charge in [0.05, 0.1) is 6.42 Å². The van der Waals surface area contributed by atoms with E-state index >= 15 is 0 Å². The molecule has 0 bridgehead atoms. The van der Waals surface area contributed by atoms with E-state index in [1.54, 1.807) is 6.33 Å². The first-order valence-electron chi connectivity index (χ1n) is 11.0. The first-order chi connectivity index (χ1) is 15.2. The van der Waals surface area contributed by atoms with Crippen LogP contribution in [0.25, 0.3) is 10.9 Å². The van der Waals surface area contributed by atoms with E-state index in [0.29, 0.717) is 6.42 Å². The summed E-state index contributed by atoms with van der Waals surface area (Å²) in [6.45, 7) is 7.10. The number of hydrogen-bond acceptors (Lipinski definition) is 6. The Labute approximate surface area is 182 Å². The van der Waals surface area contributed by atoms with Gasteiger partial charge in [-0.3, -0.25) is 4.79 Å². The van der Waals surface area contributed by atoms with Gasteiger partial charge >= 0.3 is 0 Å². The molecule has 0 spiro atoms. The van der Waals surface area contributed by atoms with E-state index in [9.17, 15) is 4.79 Å². The zero-order valence-electron chi connectivity index (χ0n) is 18.0. The summed E-state index contributed by atoms with van der Waals surface area (Å²) < 4.78 is 0. The van der Waals surface area contributed by atoms with Gasteiger partial charge in [0.25, 0.3) is 0 Å². The van der Waals surface area contributed by atoms with Crippen molar-refractivity contribution in [2.45, 2.75) is 6.42 Å². The van der Waals surface area contributed by atoms with Gasteiger partial charge < -0.3 is 24.6 Å². The van der Waals surface area contributed by atoms with Gasteiger partial charge in [0.2, 0.25) is 5.91 Å². The number of nitrogens with one attached hydrogen (secondary N) is 1. The lowest BCUT2D eigenvalue weighted by Crippen LogP contribution is -2.49. The van der Waals surface area contributed by atoms with E-state index in [1.165, 1.54) is 0 Å². The molecular formula is C23H29N7O. The van der Waals surface area contributed by atoms with E-state index in [1.807, 2.05) is 29.3 Å². The van der Waals surface area contributed by atoms with E-state index in [2.05, 4.69) is 48.8 Å². The van der Waals surface area contributed by atoms with Crippen LogP contribution in [-0.2, 0) is 11.2 Å². The van der Waals surface area contributed by atoms with Crippen LogP contribution >= 0.6 is 0 Å². The van der Waals surface area contributed by atoms with Crippen molar-refractivity contribution in [1.82, 2.24) is 24.8 Å². The number of rotatable bonds is 4. The number of hydrogen-bond donors (Lipinski definition) is 1. The predicted molar refractivity (Wildman–Crippen MR) is 123 cm³/mol. The number of aromatic nitrogens is 3. The Morgan fingerprint density at radius 3 is 2.29 bits per heavy atom. The number of H-pyrrole nitrogens is 1. The van der Waals surface area contributed by atoms with Gasteiger partial charge in [0, 0.05) is 75.5 Å². The molecule has 2 aliphatic heterocycles. The van der Waals surface area contributed by atoms with Gasteiger partial charge in [-0.05, 0) is 18.7 Å². The maximum absolute atomic E-state index is 12.9. The molecule has 0 saturated carbocycles. The molecule has 2 aromatic heterocycles. The molecule has 0 atom stereocenters. The number of fused-ring (bicyclic) bond motifs is 1. The second-order valence-electron chi connectivity index (χ2n) is 8.43. The van der Waals surface area contributed by atoms with Crippen molar-refractivity contribution in [1.29, 1.82) is 0 Å². The molecule has 2 saturated heterocycles. The lowest BCUT2D eigenvalue weighted by atomic mass is 10.1. The van der Waals surface area contributed by atoms with E-state index in [-0.39, 0.29) is 5.91 Å². The quantitative estimate of drug-likeness (QED) is 0.693. The molecule has 8 heteroatoms. The fraction of sp³-hybridized carbons (Fsp3) is 0.435. The van der Waals surface area contributed by atoms with Crippen LogP contribution in [0.5, 0.6) is 0 Å². The Kier molecular flexibility index (Phi) is 5.46. The summed E-state index contributed by atoms with van der Waals surface area (Å²) in [4.78, 5) is 34.1. The van der Waals surface area contributed by atoms with Crippen molar-refractivity contribution in [2.24, 2.45) is 0 Å². The standard InChI is InChI=1S/C23H29N7O/c1-27-6-8-28(9-7-27)21-15-22(26-17-25-21)29-10-12-30(13-11-29)23(31)14-18-16-24-20-5-3-2-4-19(18)20/h2-5,15-17,24H,6-14H2,1H3. The second kappa shape index (κ2) is 8.55. The maximum Gasteiger partial charge on any atom is 0.227 e. The number of anilines is 2. The van der Waals surface area contributed by atoms with Gasteiger partial charge in [-0.1, -0.05) is 18.2 Å². The molecule has 8 nitrogen and oxygen atoms in total. The molecule has 0 unspecified atom stereocenters. The van der Waals surface area contributed by atoms with Gasteiger partial charge in [-0.2, -0.15) is 0 Å². The van der Waals surface area contributed by atoms with Gasteiger partial charge in [0.1, 0.15) is 18.0 Å². The summed E-state index contributed by atoms with van der Waals surface area (Å²) in [6, 6.07) is 10.2. The molecule has 3 aromatic rings. The van der Waals surface area contributed by atoms with Crippen molar-refractivity contribution < 1.29 is 4.79 Å². The molecular weight excluding hydrogens is 390 g/mol. The topological polar surface area (TPSA) is 71.6 Å². The van der Waals surface area contributed by atoms with Crippen LogP contribution in [0, 0.1) is 0 Å². The first-order valence-corrected chi connectivity index (χ1v) is 11.0. The molecule has 1 N–H and O–H groups in total. The van der Waals surface area contributed by atoms with Crippen LogP contribution in [0.2, 0.25) is 0 Å². The van der Waals surface area contributed by atoms with Gasteiger partial charge in [0.15, 0.2) is 0 Å². The monoisotopic (exact) mass is 419 g/mol. The Balaban J connectivity index is 1.19. The molecule has 1 amide bonds. The summed E-state index contributed by atoms with van der Waals surface area (Å²) in [7, 11) is 2.15. The summed E-state index contributed by atoms with van der Waals surface area (Å²) in [5.41, 5.74) is 2.14. The molecule has 0 radical (unpaired) electrons. The fourth-order valence-electron chi connectivity index (χ4n) is 4.46. The highest BCUT2D eigenvalue weighted by Crippen LogP contribution is 2.22. The smallest absolute Gasteiger partial charge is 0.227 e. The minimum Gasteiger partial charge on any atom is -0.361 e. The van der Waals surface area contributed by atoms with Crippen LogP contribution in [0.3, 0.4) is 0 Å². The molecule has 1 aromatic carbocycles. The third-order valence-corrected chi connectivity index (χ3v) is 6.44. The van der Waals surface area contributed by atoms with E-state index in [0.717, 1.165) is 80.5 Å². The van der Waals surface area contributed by atoms with Gasteiger partial charge in [-0.25, -0.2) is 9.97 Å². The van der Waals surface area contributed by atoms with Crippen LogP contribution < -0.4 is 9.80 Å². The number of para-hydroxylation sites is 1. The Morgan fingerprint density at radius 2 is 1.58 bits per heavy atom. The second-order valence-corrected chi connectivity index (χ2v) is 8.43. The number of likely N-dealkylation sites (N-methyl/N-ethyl adjacent to an activating group) is 1. The number of nitrogens with zero attached hydrogens (tertiary/aromatic N) is 6. The molecule has 5 rings (SSSR count). The Bertz CT molecular complexity index is 1050. The molecule has 162 valence electrons. The number of carbonyl (C=O) groups excluding carboxylic acids is 1. The zero-order chi connectivity index (χ0) is 21.2. The largest absolute Gasteiger partial charge is 0.361 e. The summed E-state index contributed by atoms with van der Waals surface area (Å²) in [5.74, 6) is 2.13. The predicted octanol–water partition coefficient (Wildman–Crippen LogP) is 1.60. The SMILES string of the molecule is CN1CCN(c2cc(N3CCN(C(=O)Cc4c[nH]c5ccccc45)CC3)ncn2)CC1. The van der Waals surface area contributed by atoms with Crippen molar-refractivity contribution in [3.05, 3.63) is 48.4 Å². The number of benzene rings is 1. The highest BCUT2D eigenvalue weighted by molar-refractivity contribution is 5.89. The molecule has 2 fully saturated rings. The summed E-state index contributed by atoms with van der Waals surface area (Å²) in [6.07, 6.45) is 4.06. The lowest BCUT2D eigenvalue weighted by Gasteiger charge is -2.36. The van der Waals surface area contributed by atoms with Crippen LogP contribution in [0.15, 0.2) is 42.9 Å². The van der Waals surface area contributed by atoms with Crippen molar-refractivity contribution in [3.8, 4) is 0 Å². The highest BCUT2D eigenvalue weighted by atomic mass is 16.2. The number of amides is 1. The minimum absolute atomic E-state index is 0.185. The Morgan fingerprint density at radius 1 is 0.935 bits per heavy atom. The average molecular weight is 420 g/mol. The average Bonchev–Trinajstić information content (AvgIpc) is 3.22. The van der Waals surface area contributed by atoms with Crippen molar-refractivity contribution in [2.75, 3.05) is 69.2 Å². The number of piperazine rings is 2. The van der Waals surface area contributed by atoms with Crippen LogP contribution in [0.1, 0.15) is 5.56 Å². The fourth-order valence-corrected chi connectivity index (χ4v) is 4.46. The highest BCUT2D eigenvalue weighted by Gasteiger charge is 2.24. The van der Waals surface area contributed by atoms with E-state index in [4.69, 9.17) is 0 Å². The van der Waals surface area contributed by atoms with E-state index < -0.39 is 0 Å². The maximum atomic E-state index is 12.9. The van der Waals surface area contributed by atoms with Crippen molar-refractivity contribution in [3.63, 3.8) is 0 Å². The number of carbonyl (C=O) groups is 1. The summed E-state index contributed by atoms with van der Waals surface area (Å²) in [5, 5.41) is 1.13.